The largest absolute Gasteiger partial charge is 0.545 e. The number of carboxylic acids is 1. The lowest BCUT2D eigenvalue weighted by Gasteiger charge is -2.13. The van der Waals surface area contributed by atoms with E-state index in [-0.39, 0.29) is 5.56 Å². The van der Waals surface area contributed by atoms with E-state index in [1.54, 1.807) is 12.4 Å². The van der Waals surface area contributed by atoms with Crippen molar-refractivity contribution in [1.82, 2.24) is 15.2 Å². The van der Waals surface area contributed by atoms with Gasteiger partial charge in [0.05, 0.1) is 5.97 Å². The average molecular weight is 357 g/mol. The average Bonchev–Trinajstić information content (AvgIpc) is 3.20. The lowest BCUT2D eigenvalue weighted by atomic mass is 9.95. The van der Waals surface area contributed by atoms with Crippen LogP contribution >= 0.6 is 22.7 Å². The first-order valence-corrected chi connectivity index (χ1v) is 9.22. The summed E-state index contributed by atoms with van der Waals surface area (Å²) < 4.78 is 0. The van der Waals surface area contributed by atoms with Crippen molar-refractivity contribution in [1.29, 1.82) is 0 Å². The van der Waals surface area contributed by atoms with Gasteiger partial charge in [-0.15, -0.1) is 21.5 Å². The number of carbonyl (C=O) groups is 1. The quantitative estimate of drug-likeness (QED) is 0.772. The van der Waals surface area contributed by atoms with Gasteiger partial charge in [-0.3, -0.25) is 4.98 Å². The van der Waals surface area contributed by atoms with Crippen LogP contribution in [0.5, 0.6) is 0 Å². The van der Waals surface area contributed by atoms with Crippen LogP contribution in [0.2, 0.25) is 0 Å². The molecule has 1 N–H and O–H groups in total. The zero-order valence-corrected chi connectivity index (χ0v) is 14.2. The van der Waals surface area contributed by atoms with Crippen molar-refractivity contribution in [2.24, 2.45) is 0 Å². The number of pyridine rings is 1. The summed E-state index contributed by atoms with van der Waals surface area (Å²) in [6.07, 6.45) is 7.26. The number of carbonyl (C=O) groups excluding carboxylic acids is 1. The SMILES string of the molecule is O=C([O-])c1c(Nc2nnc(-c3ccncc3)s2)sc2c1CCCC2. The van der Waals surface area contributed by atoms with Gasteiger partial charge in [-0.25, -0.2) is 0 Å². The van der Waals surface area contributed by atoms with Crippen LogP contribution in [0, 0.1) is 0 Å². The Hall–Kier alpha value is -2.32. The Morgan fingerprint density at radius 1 is 1.12 bits per heavy atom. The highest BCUT2D eigenvalue weighted by atomic mass is 32.1. The minimum Gasteiger partial charge on any atom is -0.545 e. The van der Waals surface area contributed by atoms with Crippen LogP contribution in [0.1, 0.15) is 33.6 Å². The lowest BCUT2D eigenvalue weighted by molar-refractivity contribution is -0.254. The molecule has 24 heavy (non-hydrogen) atoms. The monoisotopic (exact) mass is 357 g/mol. The third-order valence-electron chi connectivity index (χ3n) is 3.95. The molecule has 0 saturated carbocycles. The number of hydrogen-bond acceptors (Lipinski definition) is 8. The van der Waals surface area contributed by atoms with Crippen LogP contribution < -0.4 is 10.4 Å². The first kappa shape index (κ1) is 15.2. The smallest absolute Gasteiger partial charge is 0.211 e. The topological polar surface area (TPSA) is 90.8 Å². The van der Waals surface area contributed by atoms with Crippen molar-refractivity contribution in [3.05, 3.63) is 40.5 Å². The first-order valence-electron chi connectivity index (χ1n) is 7.59. The van der Waals surface area contributed by atoms with Gasteiger partial charge in [0, 0.05) is 28.4 Å². The maximum atomic E-state index is 11.6. The summed E-state index contributed by atoms with van der Waals surface area (Å²) in [6.45, 7) is 0. The van der Waals surface area contributed by atoms with Crippen molar-refractivity contribution in [3.63, 3.8) is 0 Å². The highest BCUT2D eigenvalue weighted by Crippen LogP contribution is 2.40. The fourth-order valence-corrected chi connectivity index (χ4v) is 4.95. The molecule has 1 aliphatic carbocycles. The van der Waals surface area contributed by atoms with E-state index in [9.17, 15) is 9.90 Å². The normalized spacial score (nSPS) is 13.5. The zero-order chi connectivity index (χ0) is 16.5. The van der Waals surface area contributed by atoms with E-state index in [1.807, 2.05) is 12.1 Å². The Balaban J connectivity index is 1.65. The second-order valence-corrected chi connectivity index (χ2v) is 7.56. The van der Waals surface area contributed by atoms with E-state index in [2.05, 4.69) is 20.5 Å². The molecule has 0 amide bonds. The van der Waals surface area contributed by atoms with Gasteiger partial charge in [0.1, 0.15) is 10.0 Å². The molecule has 0 radical (unpaired) electrons. The molecule has 1 aliphatic rings. The summed E-state index contributed by atoms with van der Waals surface area (Å²) in [6, 6.07) is 3.72. The summed E-state index contributed by atoms with van der Waals surface area (Å²) >= 11 is 2.87. The third kappa shape index (κ3) is 2.78. The number of aryl methyl sites for hydroxylation is 1. The predicted octanol–water partition coefficient (Wildman–Crippen LogP) is 2.65. The Morgan fingerprint density at radius 2 is 1.92 bits per heavy atom. The van der Waals surface area contributed by atoms with Gasteiger partial charge in [0.25, 0.3) is 0 Å². The molecule has 0 spiro atoms. The van der Waals surface area contributed by atoms with Crippen molar-refractivity contribution in [2.75, 3.05) is 5.32 Å². The van der Waals surface area contributed by atoms with Crippen molar-refractivity contribution < 1.29 is 9.90 Å². The fraction of sp³-hybridized carbons (Fsp3) is 0.250. The van der Waals surface area contributed by atoms with Crippen LogP contribution in [0.4, 0.5) is 10.1 Å². The standard InChI is InChI=1S/C16H14N4O2S2/c21-15(22)12-10-3-1-2-4-11(10)23-14(12)18-16-20-19-13(24-16)9-5-7-17-8-6-9/h5-8H,1-4H2,(H,18,20)(H,21,22)/p-1. The molecule has 122 valence electrons. The minimum atomic E-state index is -1.13. The lowest BCUT2D eigenvalue weighted by Crippen LogP contribution is -2.24. The van der Waals surface area contributed by atoms with Crippen LogP contribution in [0.3, 0.4) is 0 Å². The van der Waals surface area contributed by atoms with Crippen LogP contribution in [-0.4, -0.2) is 21.2 Å². The Bertz CT molecular complexity index is 889. The summed E-state index contributed by atoms with van der Waals surface area (Å²) in [5.41, 5.74) is 2.14. The molecule has 8 heteroatoms. The van der Waals surface area contributed by atoms with E-state index in [0.717, 1.165) is 46.7 Å². The fourth-order valence-electron chi connectivity index (χ4n) is 2.85. The summed E-state index contributed by atoms with van der Waals surface area (Å²) in [4.78, 5) is 16.7. The third-order valence-corrected chi connectivity index (χ3v) is 6.04. The number of carboxylic acid groups (broad SMARTS) is 1. The maximum absolute atomic E-state index is 11.6. The van der Waals surface area contributed by atoms with Crippen LogP contribution in [0.25, 0.3) is 10.6 Å². The number of rotatable bonds is 4. The van der Waals surface area contributed by atoms with E-state index < -0.39 is 5.97 Å². The van der Waals surface area contributed by atoms with Crippen molar-refractivity contribution >= 4 is 38.8 Å². The molecule has 0 atom stereocenters. The first-order chi connectivity index (χ1) is 11.7. The number of aromatic carboxylic acids is 1. The molecule has 4 rings (SSSR count). The van der Waals surface area contributed by atoms with Crippen LogP contribution in [0.15, 0.2) is 24.5 Å². The number of aromatic nitrogens is 3. The second kappa shape index (κ2) is 6.29. The second-order valence-electron chi connectivity index (χ2n) is 5.48. The Kier molecular flexibility index (Phi) is 3.99. The van der Waals surface area contributed by atoms with Gasteiger partial charge in [-0.05, 0) is 43.4 Å². The number of nitrogens with one attached hydrogen (secondary N) is 1. The van der Waals surface area contributed by atoms with Crippen molar-refractivity contribution in [2.45, 2.75) is 25.7 Å². The van der Waals surface area contributed by atoms with Gasteiger partial charge in [-0.2, -0.15) is 0 Å². The number of hydrogen-bond donors (Lipinski definition) is 1. The zero-order valence-electron chi connectivity index (χ0n) is 12.6. The molecule has 6 nitrogen and oxygen atoms in total. The molecule has 3 aromatic heterocycles. The molecule has 0 bridgehead atoms. The molecular weight excluding hydrogens is 344 g/mol. The van der Waals surface area contributed by atoms with Gasteiger partial charge in [0.15, 0.2) is 0 Å². The highest BCUT2D eigenvalue weighted by molar-refractivity contribution is 7.20. The van der Waals surface area contributed by atoms with Gasteiger partial charge >= 0.3 is 0 Å². The number of nitrogens with zero attached hydrogens (tertiary/aromatic N) is 3. The van der Waals surface area contributed by atoms with Crippen molar-refractivity contribution in [3.8, 4) is 10.6 Å². The summed E-state index contributed by atoms with van der Waals surface area (Å²) in [7, 11) is 0. The molecular formula is C16H13N4O2S2-. The van der Waals surface area contributed by atoms with E-state index in [0.29, 0.717) is 10.1 Å². The molecule has 0 fully saturated rings. The Labute approximate surface area is 146 Å². The van der Waals surface area contributed by atoms with Gasteiger partial charge in [0.2, 0.25) is 5.13 Å². The molecule has 3 heterocycles. The highest BCUT2D eigenvalue weighted by Gasteiger charge is 2.22. The molecule has 0 saturated heterocycles. The molecule has 0 aliphatic heterocycles. The predicted molar refractivity (Wildman–Crippen MR) is 91.7 cm³/mol. The summed E-state index contributed by atoms with van der Waals surface area (Å²) in [5.74, 6) is -1.13. The van der Waals surface area contributed by atoms with Gasteiger partial charge in [-0.1, -0.05) is 11.3 Å². The van der Waals surface area contributed by atoms with E-state index >= 15 is 0 Å². The minimum absolute atomic E-state index is 0.287. The number of thiophene rings is 1. The number of anilines is 2. The molecule has 0 unspecified atom stereocenters. The van der Waals surface area contributed by atoms with E-state index in [1.165, 1.54) is 22.7 Å². The van der Waals surface area contributed by atoms with Crippen LogP contribution in [-0.2, 0) is 12.8 Å². The van der Waals surface area contributed by atoms with Gasteiger partial charge < -0.3 is 15.2 Å². The number of fused-ring (bicyclic) bond motifs is 1. The van der Waals surface area contributed by atoms with E-state index in [4.69, 9.17) is 0 Å². The maximum Gasteiger partial charge on any atom is 0.211 e. The molecule has 0 aromatic carbocycles. The molecule has 3 aromatic rings. The summed E-state index contributed by atoms with van der Waals surface area (Å²) in [5, 5.41) is 24.9. The Morgan fingerprint density at radius 3 is 2.71 bits per heavy atom.